The Labute approximate surface area is 120 Å². The lowest BCUT2D eigenvalue weighted by Gasteiger charge is -2.17. The summed E-state index contributed by atoms with van der Waals surface area (Å²) in [6, 6.07) is 4.17. The summed E-state index contributed by atoms with van der Waals surface area (Å²) in [4.78, 5) is 22.9. The Hall–Kier alpha value is -2.08. The van der Waals surface area contributed by atoms with Gasteiger partial charge in [-0.2, -0.15) is 0 Å². The molecule has 0 radical (unpaired) electrons. The van der Waals surface area contributed by atoms with Crippen molar-refractivity contribution in [3.05, 3.63) is 28.8 Å². The van der Waals surface area contributed by atoms with Gasteiger partial charge in [-0.25, -0.2) is 4.79 Å². The van der Waals surface area contributed by atoms with Gasteiger partial charge in [-0.3, -0.25) is 10.2 Å². The quantitative estimate of drug-likeness (QED) is 0.639. The molecule has 0 aliphatic heterocycles. The van der Waals surface area contributed by atoms with Crippen molar-refractivity contribution in [3.63, 3.8) is 0 Å². The molecule has 6 nitrogen and oxygen atoms in total. The van der Waals surface area contributed by atoms with Crippen molar-refractivity contribution in [1.82, 2.24) is 0 Å². The van der Waals surface area contributed by atoms with E-state index in [4.69, 9.17) is 17.0 Å². The maximum atomic E-state index is 11.5. The van der Waals surface area contributed by atoms with Crippen molar-refractivity contribution in [3.8, 4) is 5.75 Å². The molecule has 2 N–H and O–H groups in total. The molecule has 1 unspecified atom stereocenters. The highest BCUT2D eigenvalue weighted by atomic mass is 35.5. The van der Waals surface area contributed by atoms with Gasteiger partial charge in [0, 0.05) is 16.5 Å². The zero-order chi connectivity index (χ0) is 15.3. The van der Waals surface area contributed by atoms with Crippen molar-refractivity contribution in [2.75, 3.05) is 14.2 Å². The lowest BCUT2D eigenvalue weighted by atomic mass is 9.90. The van der Waals surface area contributed by atoms with Crippen LogP contribution in [0.3, 0.4) is 0 Å². The molecule has 0 fully saturated rings. The summed E-state index contributed by atoms with van der Waals surface area (Å²) in [5.41, 5.74) is -0.270. The van der Waals surface area contributed by atoms with Crippen LogP contribution in [0.1, 0.15) is 17.9 Å². The Balaban J connectivity index is 3.22. The molecule has 0 amide bonds. The predicted octanol–water partition coefficient (Wildman–Crippen LogP) is 1.89. The number of aromatic hydroxyl groups is 1. The second-order valence-electron chi connectivity index (χ2n) is 3.94. The molecule has 0 heterocycles. The third-order valence-corrected chi connectivity index (χ3v) is 2.95. The molecule has 0 bridgehead atoms. The van der Waals surface area contributed by atoms with E-state index in [9.17, 15) is 14.7 Å². The Bertz CT molecular complexity index is 544. The van der Waals surface area contributed by atoms with Gasteiger partial charge >= 0.3 is 11.9 Å². The van der Waals surface area contributed by atoms with Crippen LogP contribution in [0.2, 0.25) is 5.02 Å². The van der Waals surface area contributed by atoms with E-state index in [1.165, 1.54) is 25.3 Å². The topological polar surface area (TPSA) is 96.7 Å². The number of carbonyl (C=O) groups excluding carboxylic acids is 2. The molecule has 1 aromatic rings. The maximum Gasteiger partial charge on any atom is 0.352 e. The number of benzene rings is 1. The minimum Gasteiger partial charge on any atom is -0.508 e. The fraction of sp³-hybridized carbons (Fsp3) is 0.308. The van der Waals surface area contributed by atoms with Crippen molar-refractivity contribution in [2.45, 2.75) is 12.3 Å². The fourth-order valence-corrected chi connectivity index (χ4v) is 1.85. The highest BCUT2D eigenvalue weighted by Crippen LogP contribution is 2.32. The molecule has 0 aliphatic carbocycles. The van der Waals surface area contributed by atoms with E-state index in [-0.39, 0.29) is 17.7 Å². The van der Waals surface area contributed by atoms with E-state index in [0.29, 0.717) is 5.02 Å². The molecular weight excluding hydrogens is 286 g/mol. The summed E-state index contributed by atoms with van der Waals surface area (Å²) >= 11 is 5.84. The SMILES string of the molecule is COC(=O)CC(C(=N)C(=O)OC)c1cc(Cl)ccc1O. The van der Waals surface area contributed by atoms with Gasteiger partial charge in [0.1, 0.15) is 11.5 Å². The average Bonchev–Trinajstić information content (AvgIpc) is 2.45. The van der Waals surface area contributed by atoms with E-state index in [1.54, 1.807) is 0 Å². The first-order valence-electron chi connectivity index (χ1n) is 5.62. The van der Waals surface area contributed by atoms with Crippen molar-refractivity contribution in [2.24, 2.45) is 0 Å². The van der Waals surface area contributed by atoms with Crippen LogP contribution in [0, 0.1) is 5.41 Å². The Morgan fingerprint density at radius 1 is 1.35 bits per heavy atom. The van der Waals surface area contributed by atoms with Crippen LogP contribution in [0.4, 0.5) is 0 Å². The van der Waals surface area contributed by atoms with Crippen LogP contribution in [-0.2, 0) is 19.1 Å². The lowest BCUT2D eigenvalue weighted by molar-refractivity contribution is -0.140. The maximum absolute atomic E-state index is 11.5. The molecule has 0 aromatic heterocycles. The number of nitrogens with one attached hydrogen (secondary N) is 1. The molecule has 0 aliphatic rings. The van der Waals surface area contributed by atoms with Crippen LogP contribution in [0.15, 0.2) is 18.2 Å². The van der Waals surface area contributed by atoms with Crippen molar-refractivity contribution < 1.29 is 24.2 Å². The third kappa shape index (κ3) is 3.71. The minimum absolute atomic E-state index is 0.169. The number of ether oxygens (including phenoxy) is 2. The van der Waals surface area contributed by atoms with Gasteiger partial charge < -0.3 is 14.6 Å². The normalized spacial score (nSPS) is 11.6. The Morgan fingerprint density at radius 2 is 2.00 bits per heavy atom. The Morgan fingerprint density at radius 3 is 2.55 bits per heavy atom. The van der Waals surface area contributed by atoms with Gasteiger partial charge in [0.25, 0.3) is 0 Å². The average molecular weight is 300 g/mol. The number of methoxy groups -OCH3 is 2. The highest BCUT2D eigenvalue weighted by molar-refractivity contribution is 6.37. The van der Waals surface area contributed by atoms with Crippen LogP contribution in [0.25, 0.3) is 0 Å². The number of hydrogen-bond acceptors (Lipinski definition) is 6. The second kappa shape index (κ2) is 6.91. The summed E-state index contributed by atoms with van der Waals surface area (Å²) in [6.45, 7) is 0. The van der Waals surface area contributed by atoms with Gasteiger partial charge in [-0.15, -0.1) is 0 Å². The Kier molecular flexibility index (Phi) is 5.52. The van der Waals surface area contributed by atoms with Crippen molar-refractivity contribution >= 4 is 29.3 Å². The summed E-state index contributed by atoms with van der Waals surface area (Å²) < 4.78 is 9.00. The molecule has 1 atom stereocenters. The number of carbonyl (C=O) groups is 2. The fourth-order valence-electron chi connectivity index (χ4n) is 1.67. The number of halogens is 1. The molecule has 0 spiro atoms. The molecule has 7 heteroatoms. The number of hydrogen-bond donors (Lipinski definition) is 2. The largest absolute Gasteiger partial charge is 0.508 e. The zero-order valence-electron chi connectivity index (χ0n) is 11.0. The smallest absolute Gasteiger partial charge is 0.352 e. The first kappa shape index (κ1) is 16.0. The number of phenolic OH excluding ortho intramolecular Hbond substituents is 1. The minimum atomic E-state index is -0.992. The van der Waals surface area contributed by atoms with Gasteiger partial charge in [0.05, 0.1) is 20.6 Å². The molecule has 20 heavy (non-hydrogen) atoms. The molecule has 0 saturated carbocycles. The monoisotopic (exact) mass is 299 g/mol. The second-order valence-corrected chi connectivity index (χ2v) is 4.38. The number of rotatable bonds is 5. The van der Waals surface area contributed by atoms with Gasteiger partial charge in [0.2, 0.25) is 0 Å². The summed E-state index contributed by atoms with van der Waals surface area (Å²) in [5.74, 6) is -2.67. The van der Waals surface area contributed by atoms with Crippen LogP contribution in [-0.4, -0.2) is 37.0 Å². The van der Waals surface area contributed by atoms with Crippen LogP contribution < -0.4 is 0 Å². The number of esters is 2. The summed E-state index contributed by atoms with van der Waals surface area (Å²) in [7, 11) is 2.32. The van der Waals surface area contributed by atoms with Crippen LogP contribution >= 0.6 is 11.6 Å². The van der Waals surface area contributed by atoms with E-state index < -0.39 is 23.6 Å². The van der Waals surface area contributed by atoms with Crippen molar-refractivity contribution in [1.29, 1.82) is 5.41 Å². The third-order valence-electron chi connectivity index (χ3n) is 2.72. The van der Waals surface area contributed by atoms with Gasteiger partial charge in [-0.05, 0) is 18.2 Å². The summed E-state index contributed by atoms with van der Waals surface area (Å²) in [5, 5.41) is 17.9. The first-order valence-corrected chi connectivity index (χ1v) is 6.00. The molecule has 1 rings (SSSR count). The molecule has 0 saturated heterocycles. The van der Waals surface area contributed by atoms with E-state index in [2.05, 4.69) is 9.47 Å². The summed E-state index contributed by atoms with van der Waals surface area (Å²) in [6.07, 6.45) is -0.279. The predicted molar refractivity (Wildman–Crippen MR) is 72.2 cm³/mol. The molecular formula is C13H14ClNO5. The standard InChI is InChI=1S/C13H14ClNO5/c1-19-11(17)6-9(12(15)13(18)20-2)8-5-7(14)3-4-10(8)16/h3-5,9,15-16H,6H2,1-2H3. The first-order chi connectivity index (χ1) is 9.40. The van der Waals surface area contributed by atoms with E-state index >= 15 is 0 Å². The van der Waals surface area contributed by atoms with E-state index in [0.717, 1.165) is 7.11 Å². The lowest BCUT2D eigenvalue weighted by Crippen LogP contribution is -2.25. The zero-order valence-corrected chi connectivity index (χ0v) is 11.7. The van der Waals surface area contributed by atoms with Crippen LogP contribution in [0.5, 0.6) is 5.75 Å². The van der Waals surface area contributed by atoms with Gasteiger partial charge in [0.15, 0.2) is 0 Å². The van der Waals surface area contributed by atoms with Gasteiger partial charge in [-0.1, -0.05) is 11.6 Å². The van der Waals surface area contributed by atoms with E-state index in [1.807, 2.05) is 0 Å². The molecule has 108 valence electrons. The number of phenols is 1. The highest BCUT2D eigenvalue weighted by Gasteiger charge is 2.29. The molecule has 1 aromatic carbocycles.